The van der Waals surface area contributed by atoms with Gasteiger partial charge in [-0.05, 0) is 37.4 Å². The summed E-state index contributed by atoms with van der Waals surface area (Å²) in [6, 6.07) is 8.82. The van der Waals surface area contributed by atoms with Crippen LogP contribution in [0.5, 0.6) is 0 Å². The fourth-order valence-electron chi connectivity index (χ4n) is 2.81. The number of fused-ring (bicyclic) bond motifs is 1. The first kappa shape index (κ1) is 12.5. The zero-order valence-electron chi connectivity index (χ0n) is 10.7. The van der Waals surface area contributed by atoms with Crippen LogP contribution in [0.2, 0.25) is 0 Å². The first-order valence-electron chi connectivity index (χ1n) is 6.97. The van der Waals surface area contributed by atoms with E-state index < -0.39 is 0 Å². The molecule has 2 aliphatic heterocycles. The molecule has 1 aromatic carbocycles. The fraction of sp³-hybridized carbons (Fsp3) is 0.600. The van der Waals surface area contributed by atoms with E-state index in [1.165, 1.54) is 35.5 Å². The summed E-state index contributed by atoms with van der Waals surface area (Å²) in [5, 5.41) is 3.60. The van der Waals surface area contributed by atoms with Crippen molar-refractivity contribution in [3.8, 4) is 0 Å². The molecule has 0 saturated carbocycles. The normalized spacial score (nSPS) is 26.4. The SMILES string of the molecule is c1ccc2c(c1)SCC2CNCCC1CCCO1. The van der Waals surface area contributed by atoms with Gasteiger partial charge in [-0.15, -0.1) is 11.8 Å². The Morgan fingerprint density at radius 1 is 1.33 bits per heavy atom. The predicted molar refractivity (Wildman–Crippen MR) is 76.4 cm³/mol. The van der Waals surface area contributed by atoms with Gasteiger partial charge in [-0.1, -0.05) is 18.2 Å². The van der Waals surface area contributed by atoms with Crippen molar-refractivity contribution in [2.45, 2.75) is 36.2 Å². The van der Waals surface area contributed by atoms with Crippen LogP contribution in [0, 0.1) is 0 Å². The summed E-state index contributed by atoms with van der Waals surface area (Å²) >= 11 is 1.99. The maximum Gasteiger partial charge on any atom is 0.0588 e. The van der Waals surface area contributed by atoms with E-state index in [4.69, 9.17) is 4.74 Å². The highest BCUT2D eigenvalue weighted by molar-refractivity contribution is 7.99. The highest BCUT2D eigenvalue weighted by atomic mass is 32.2. The zero-order chi connectivity index (χ0) is 12.2. The molecule has 2 atom stereocenters. The van der Waals surface area contributed by atoms with E-state index >= 15 is 0 Å². The van der Waals surface area contributed by atoms with Crippen LogP contribution in [0.4, 0.5) is 0 Å². The van der Waals surface area contributed by atoms with Crippen molar-refractivity contribution in [3.05, 3.63) is 29.8 Å². The van der Waals surface area contributed by atoms with Crippen molar-refractivity contribution in [1.82, 2.24) is 5.32 Å². The predicted octanol–water partition coefficient (Wildman–Crippen LogP) is 3.03. The second kappa shape index (κ2) is 6.09. The molecule has 0 aliphatic carbocycles. The van der Waals surface area contributed by atoms with Crippen molar-refractivity contribution < 1.29 is 4.74 Å². The summed E-state index contributed by atoms with van der Waals surface area (Å²) in [6.45, 7) is 3.17. The van der Waals surface area contributed by atoms with Crippen LogP contribution in [-0.2, 0) is 4.74 Å². The quantitative estimate of drug-likeness (QED) is 0.825. The summed E-state index contributed by atoms with van der Waals surface area (Å²) in [5.41, 5.74) is 1.53. The molecule has 1 saturated heterocycles. The van der Waals surface area contributed by atoms with E-state index in [9.17, 15) is 0 Å². The lowest BCUT2D eigenvalue weighted by Gasteiger charge is -2.14. The Balaban J connectivity index is 1.41. The van der Waals surface area contributed by atoms with E-state index in [1.807, 2.05) is 11.8 Å². The maximum absolute atomic E-state index is 5.64. The number of nitrogens with one attached hydrogen (secondary N) is 1. The van der Waals surface area contributed by atoms with E-state index in [2.05, 4.69) is 29.6 Å². The van der Waals surface area contributed by atoms with Crippen molar-refractivity contribution in [3.63, 3.8) is 0 Å². The molecule has 2 unspecified atom stereocenters. The summed E-state index contributed by atoms with van der Waals surface area (Å²) in [6.07, 6.45) is 4.19. The van der Waals surface area contributed by atoms with E-state index in [1.54, 1.807) is 0 Å². The summed E-state index contributed by atoms with van der Waals surface area (Å²) in [4.78, 5) is 1.48. The molecular formula is C15H21NOS. The van der Waals surface area contributed by atoms with Crippen LogP contribution in [0.15, 0.2) is 29.2 Å². The van der Waals surface area contributed by atoms with E-state index in [0.29, 0.717) is 12.0 Å². The summed E-state index contributed by atoms with van der Waals surface area (Å²) in [7, 11) is 0. The third-order valence-corrected chi connectivity index (χ3v) is 5.11. The molecule has 0 radical (unpaired) electrons. The Hall–Kier alpha value is -0.510. The number of ether oxygens (including phenoxy) is 1. The zero-order valence-corrected chi connectivity index (χ0v) is 11.5. The van der Waals surface area contributed by atoms with Gasteiger partial charge in [-0.25, -0.2) is 0 Å². The third-order valence-electron chi connectivity index (χ3n) is 3.86. The molecule has 0 aromatic heterocycles. The number of rotatable bonds is 5. The molecule has 98 valence electrons. The smallest absolute Gasteiger partial charge is 0.0588 e. The molecule has 1 fully saturated rings. The van der Waals surface area contributed by atoms with Crippen LogP contribution in [0.3, 0.4) is 0 Å². The van der Waals surface area contributed by atoms with Gasteiger partial charge in [0.2, 0.25) is 0 Å². The van der Waals surface area contributed by atoms with Crippen molar-refractivity contribution in [2.24, 2.45) is 0 Å². The Bertz CT molecular complexity index is 390. The molecule has 1 aromatic rings. The molecule has 1 N–H and O–H groups in total. The Morgan fingerprint density at radius 2 is 2.28 bits per heavy atom. The topological polar surface area (TPSA) is 21.3 Å². The molecule has 0 spiro atoms. The lowest BCUT2D eigenvalue weighted by molar-refractivity contribution is 0.104. The monoisotopic (exact) mass is 263 g/mol. The fourth-order valence-corrected chi connectivity index (χ4v) is 4.06. The standard InChI is InChI=1S/C15H21NOS/c1-2-6-15-14(5-1)12(11-18-15)10-16-8-7-13-4-3-9-17-13/h1-2,5-6,12-13,16H,3-4,7-11H2. The van der Waals surface area contributed by atoms with Crippen LogP contribution >= 0.6 is 11.8 Å². The lowest BCUT2D eigenvalue weighted by Crippen LogP contribution is -2.25. The highest BCUT2D eigenvalue weighted by Gasteiger charge is 2.22. The second-order valence-electron chi connectivity index (χ2n) is 5.17. The minimum Gasteiger partial charge on any atom is -0.378 e. The average molecular weight is 263 g/mol. The van der Waals surface area contributed by atoms with Crippen LogP contribution in [-0.4, -0.2) is 31.6 Å². The molecular weight excluding hydrogens is 242 g/mol. The summed E-state index contributed by atoms with van der Waals surface area (Å²) in [5.74, 6) is 1.92. The maximum atomic E-state index is 5.64. The van der Waals surface area contributed by atoms with E-state index in [0.717, 1.165) is 19.7 Å². The van der Waals surface area contributed by atoms with E-state index in [-0.39, 0.29) is 0 Å². The van der Waals surface area contributed by atoms with Crippen molar-refractivity contribution in [1.29, 1.82) is 0 Å². The van der Waals surface area contributed by atoms with Gasteiger partial charge in [0, 0.05) is 29.7 Å². The molecule has 2 aliphatic rings. The van der Waals surface area contributed by atoms with Crippen LogP contribution < -0.4 is 5.32 Å². The Morgan fingerprint density at radius 3 is 3.17 bits per heavy atom. The summed E-state index contributed by atoms with van der Waals surface area (Å²) < 4.78 is 5.64. The van der Waals surface area contributed by atoms with Gasteiger partial charge < -0.3 is 10.1 Å². The van der Waals surface area contributed by atoms with Gasteiger partial charge in [-0.2, -0.15) is 0 Å². The Labute approximate surface area is 113 Å². The molecule has 18 heavy (non-hydrogen) atoms. The third kappa shape index (κ3) is 2.90. The Kier molecular flexibility index (Phi) is 4.24. The number of benzene rings is 1. The lowest BCUT2D eigenvalue weighted by atomic mass is 10.0. The second-order valence-corrected chi connectivity index (χ2v) is 6.24. The minimum absolute atomic E-state index is 0.516. The van der Waals surface area contributed by atoms with Gasteiger partial charge in [0.05, 0.1) is 6.10 Å². The number of thioether (sulfide) groups is 1. The van der Waals surface area contributed by atoms with Crippen LogP contribution in [0.25, 0.3) is 0 Å². The molecule has 0 bridgehead atoms. The number of hydrogen-bond donors (Lipinski definition) is 1. The molecule has 2 nitrogen and oxygen atoms in total. The first-order valence-corrected chi connectivity index (χ1v) is 7.96. The molecule has 3 rings (SSSR count). The van der Waals surface area contributed by atoms with Gasteiger partial charge in [0.1, 0.15) is 0 Å². The first-order chi connectivity index (χ1) is 8.93. The minimum atomic E-state index is 0.516. The van der Waals surface area contributed by atoms with Gasteiger partial charge >= 0.3 is 0 Å². The van der Waals surface area contributed by atoms with Gasteiger partial charge in [0.25, 0.3) is 0 Å². The van der Waals surface area contributed by atoms with Crippen molar-refractivity contribution in [2.75, 3.05) is 25.4 Å². The molecule has 2 heterocycles. The highest BCUT2D eigenvalue weighted by Crippen LogP contribution is 2.38. The van der Waals surface area contributed by atoms with Crippen molar-refractivity contribution >= 4 is 11.8 Å². The van der Waals surface area contributed by atoms with Gasteiger partial charge in [-0.3, -0.25) is 0 Å². The molecule has 3 heteroatoms. The molecule has 0 amide bonds. The number of hydrogen-bond acceptors (Lipinski definition) is 3. The van der Waals surface area contributed by atoms with Gasteiger partial charge in [0.15, 0.2) is 0 Å². The van der Waals surface area contributed by atoms with Crippen LogP contribution in [0.1, 0.15) is 30.7 Å². The average Bonchev–Trinajstić information content (AvgIpc) is 3.04. The largest absolute Gasteiger partial charge is 0.378 e.